The van der Waals surface area contributed by atoms with Crippen molar-refractivity contribution in [1.29, 1.82) is 0 Å². The summed E-state index contributed by atoms with van der Waals surface area (Å²) in [6, 6.07) is 5.12. The van der Waals surface area contributed by atoms with E-state index in [1.165, 1.54) is 31.4 Å². The summed E-state index contributed by atoms with van der Waals surface area (Å²) in [5.74, 6) is -2.58. The Balaban J connectivity index is 0. The topological polar surface area (TPSA) is 73.3 Å². The van der Waals surface area contributed by atoms with Gasteiger partial charge in [0, 0.05) is 25.8 Å². The van der Waals surface area contributed by atoms with Crippen LogP contribution in [0.4, 0.5) is 28.9 Å². The summed E-state index contributed by atoms with van der Waals surface area (Å²) in [7, 11) is 1.52. The van der Waals surface area contributed by atoms with Gasteiger partial charge < -0.3 is 21.5 Å². The highest BCUT2D eigenvalue weighted by Crippen LogP contribution is 2.21. The lowest BCUT2D eigenvalue weighted by Gasteiger charge is -2.10. The van der Waals surface area contributed by atoms with Crippen LogP contribution in [0.2, 0.25) is 0 Å². The molecule has 8 heteroatoms. The molecule has 0 heterocycles. The molecule has 0 radical (unpaired) electrons. The van der Waals surface area contributed by atoms with Gasteiger partial charge in [0.05, 0.1) is 6.61 Å². The monoisotopic (exact) mass is 405 g/mol. The van der Waals surface area contributed by atoms with E-state index in [4.69, 9.17) is 16.2 Å². The second kappa shape index (κ2) is 13.8. The zero-order valence-electron chi connectivity index (χ0n) is 14.7. The van der Waals surface area contributed by atoms with Gasteiger partial charge in [0.15, 0.2) is 11.6 Å². The highest BCUT2D eigenvalue weighted by atomic mass is 19.1. The lowest BCUT2D eigenvalue weighted by molar-refractivity contribution is 0.210. The molecule has 2 aromatic carbocycles. The Labute approximate surface area is 164 Å². The summed E-state index contributed by atoms with van der Waals surface area (Å²) >= 11 is 0. The molecule has 0 bridgehead atoms. The number of nitrogen functional groups attached to an aromatic ring is 1. The average molecular weight is 405 g/mol. The third-order valence-electron chi connectivity index (χ3n) is 3.59. The largest absolute Gasteiger partial charge is 0.394 e. The van der Waals surface area contributed by atoms with E-state index >= 15 is 0 Å². The number of anilines is 2. The van der Waals surface area contributed by atoms with Crippen molar-refractivity contribution in [1.82, 2.24) is 0 Å². The quantitative estimate of drug-likeness (QED) is 0.364. The van der Waals surface area contributed by atoms with E-state index in [2.05, 4.69) is 5.32 Å². The molecule has 0 unspecified atom stereocenters. The summed E-state index contributed by atoms with van der Waals surface area (Å²) < 4.78 is 56.9. The SMILES string of the molecule is C.C.CCc1ccc(F)c(N)c1F.COCCNc1c(F)ccc(CN)c1F. The number of rotatable bonds is 6. The number of methoxy groups -OCH3 is 1. The van der Waals surface area contributed by atoms with Gasteiger partial charge in [0.1, 0.15) is 23.0 Å². The maximum Gasteiger partial charge on any atom is 0.153 e. The van der Waals surface area contributed by atoms with E-state index in [0.29, 0.717) is 25.1 Å². The molecule has 0 aliphatic heterocycles. The minimum atomic E-state index is -0.695. The van der Waals surface area contributed by atoms with Gasteiger partial charge in [-0.3, -0.25) is 0 Å². The molecular formula is C20H31F4N3O. The zero-order chi connectivity index (χ0) is 19.7. The van der Waals surface area contributed by atoms with E-state index in [0.717, 1.165) is 0 Å². The Morgan fingerprint density at radius 2 is 1.50 bits per heavy atom. The third-order valence-corrected chi connectivity index (χ3v) is 3.59. The Hall–Kier alpha value is -2.32. The van der Waals surface area contributed by atoms with Crippen LogP contribution < -0.4 is 16.8 Å². The van der Waals surface area contributed by atoms with Crippen molar-refractivity contribution < 1.29 is 22.3 Å². The molecule has 0 aromatic heterocycles. The van der Waals surface area contributed by atoms with E-state index in [1.54, 1.807) is 6.92 Å². The van der Waals surface area contributed by atoms with Crippen LogP contribution in [-0.2, 0) is 17.7 Å². The number of benzene rings is 2. The molecule has 5 N–H and O–H groups in total. The van der Waals surface area contributed by atoms with Crippen LogP contribution in [0.25, 0.3) is 0 Å². The van der Waals surface area contributed by atoms with Crippen LogP contribution in [0.15, 0.2) is 24.3 Å². The van der Waals surface area contributed by atoms with E-state index in [1.807, 2.05) is 0 Å². The number of ether oxygens (including phenoxy) is 1. The van der Waals surface area contributed by atoms with Crippen molar-refractivity contribution in [3.05, 3.63) is 58.7 Å². The van der Waals surface area contributed by atoms with Crippen LogP contribution in [0.3, 0.4) is 0 Å². The highest BCUT2D eigenvalue weighted by Gasteiger charge is 2.12. The van der Waals surface area contributed by atoms with Gasteiger partial charge in [0.2, 0.25) is 0 Å². The Morgan fingerprint density at radius 1 is 0.929 bits per heavy atom. The van der Waals surface area contributed by atoms with Gasteiger partial charge in [0.25, 0.3) is 0 Å². The molecule has 2 rings (SSSR count). The van der Waals surface area contributed by atoms with Gasteiger partial charge >= 0.3 is 0 Å². The fourth-order valence-electron chi connectivity index (χ4n) is 2.08. The summed E-state index contributed by atoms with van der Waals surface area (Å²) in [6.07, 6.45) is 0.524. The molecular weight excluding hydrogens is 374 g/mol. The smallest absolute Gasteiger partial charge is 0.153 e. The molecule has 0 saturated heterocycles. The van der Waals surface area contributed by atoms with Crippen LogP contribution in [0.1, 0.15) is 32.9 Å². The zero-order valence-corrected chi connectivity index (χ0v) is 14.7. The molecule has 0 aliphatic carbocycles. The van der Waals surface area contributed by atoms with Crippen LogP contribution in [0.5, 0.6) is 0 Å². The second-order valence-corrected chi connectivity index (χ2v) is 5.31. The summed E-state index contributed by atoms with van der Waals surface area (Å²) in [4.78, 5) is 0. The Bertz CT molecular complexity index is 727. The highest BCUT2D eigenvalue weighted by molar-refractivity contribution is 5.49. The molecule has 0 amide bonds. The maximum atomic E-state index is 13.5. The molecule has 160 valence electrons. The van der Waals surface area contributed by atoms with Crippen LogP contribution >= 0.6 is 0 Å². The number of halogens is 4. The first-order valence-electron chi connectivity index (χ1n) is 7.99. The van der Waals surface area contributed by atoms with Crippen molar-refractivity contribution in [2.75, 3.05) is 31.3 Å². The van der Waals surface area contributed by atoms with Gasteiger partial charge in [-0.05, 0) is 24.1 Å². The molecule has 0 aliphatic rings. The first kappa shape index (κ1) is 27.9. The molecule has 2 aromatic rings. The molecule has 0 spiro atoms. The predicted molar refractivity (Wildman–Crippen MR) is 108 cm³/mol. The molecule has 4 nitrogen and oxygen atoms in total. The minimum absolute atomic E-state index is 0. The van der Waals surface area contributed by atoms with Crippen molar-refractivity contribution in [3.8, 4) is 0 Å². The summed E-state index contributed by atoms with van der Waals surface area (Å²) in [5, 5.41) is 2.63. The normalized spacial score (nSPS) is 9.54. The van der Waals surface area contributed by atoms with E-state index in [9.17, 15) is 17.6 Å². The van der Waals surface area contributed by atoms with Crippen molar-refractivity contribution in [3.63, 3.8) is 0 Å². The van der Waals surface area contributed by atoms with Crippen molar-refractivity contribution in [2.24, 2.45) is 5.73 Å². The van der Waals surface area contributed by atoms with Gasteiger partial charge in [-0.15, -0.1) is 0 Å². The fourth-order valence-corrected chi connectivity index (χ4v) is 2.08. The van der Waals surface area contributed by atoms with Crippen molar-refractivity contribution in [2.45, 2.75) is 34.7 Å². The number of nitrogens with two attached hydrogens (primary N) is 2. The molecule has 0 fully saturated rings. The average Bonchev–Trinajstić information content (AvgIpc) is 2.63. The maximum absolute atomic E-state index is 13.5. The molecule has 0 saturated carbocycles. The van der Waals surface area contributed by atoms with Crippen LogP contribution in [-0.4, -0.2) is 20.3 Å². The van der Waals surface area contributed by atoms with E-state index < -0.39 is 23.3 Å². The van der Waals surface area contributed by atoms with Gasteiger partial charge in [-0.1, -0.05) is 33.9 Å². The summed E-state index contributed by atoms with van der Waals surface area (Å²) in [6.45, 7) is 2.56. The van der Waals surface area contributed by atoms with Crippen molar-refractivity contribution >= 4 is 11.4 Å². The third kappa shape index (κ3) is 7.36. The first-order chi connectivity index (χ1) is 12.4. The first-order valence-corrected chi connectivity index (χ1v) is 7.99. The summed E-state index contributed by atoms with van der Waals surface area (Å²) in [5.41, 5.74) is 10.6. The molecule has 28 heavy (non-hydrogen) atoms. The van der Waals surface area contributed by atoms with Crippen LogP contribution in [0, 0.1) is 23.3 Å². The predicted octanol–water partition coefficient (Wildman–Crippen LogP) is 4.86. The van der Waals surface area contributed by atoms with Gasteiger partial charge in [-0.2, -0.15) is 0 Å². The second-order valence-electron chi connectivity index (χ2n) is 5.31. The standard InChI is InChI=1S/C10H14F2N2O.C8H9F2N.2CH4/c1-15-5-4-14-10-8(11)3-2-7(6-13)9(10)12;1-2-5-3-4-6(9)8(11)7(5)10;;/h2-3,14H,4-6,13H2,1H3;3-4H,2,11H2,1H3;2*1H4. The molecule has 0 atom stereocenters. The lowest BCUT2D eigenvalue weighted by Crippen LogP contribution is -2.12. The minimum Gasteiger partial charge on any atom is -0.394 e. The number of hydrogen-bond acceptors (Lipinski definition) is 4. The van der Waals surface area contributed by atoms with Gasteiger partial charge in [-0.25, -0.2) is 17.6 Å². The number of aryl methyl sites for hydroxylation is 1. The fraction of sp³-hybridized carbons (Fsp3) is 0.400. The van der Waals surface area contributed by atoms with E-state index in [-0.39, 0.29) is 38.3 Å². The number of hydrogen-bond donors (Lipinski definition) is 3. The number of nitrogens with one attached hydrogen (secondary N) is 1. The Kier molecular flexibility index (Phi) is 13.7. The Morgan fingerprint density at radius 3 is 2.04 bits per heavy atom. The lowest BCUT2D eigenvalue weighted by atomic mass is 10.1.